The van der Waals surface area contributed by atoms with Crippen molar-refractivity contribution in [1.82, 2.24) is 24.7 Å². The Bertz CT molecular complexity index is 1350. The first-order chi connectivity index (χ1) is 18.2. The number of hydrogen-bond donors (Lipinski definition) is 1. The average Bonchev–Trinajstić information content (AvgIpc) is 3.47. The Morgan fingerprint density at radius 3 is 2.84 bits per heavy atom. The predicted octanol–water partition coefficient (Wildman–Crippen LogP) is 4.49. The normalized spacial score (nSPS) is 20.3. The largest absolute Gasteiger partial charge is 0.352 e. The monoisotopic (exact) mass is 519 g/mol. The van der Waals surface area contributed by atoms with Gasteiger partial charge >= 0.3 is 0 Å². The Kier molecular flexibility index (Phi) is 7.52. The number of carbonyl (C=O) groups excluding carboxylic acids is 2. The fraction of sp³-hybridized carbons (Fsp3) is 0.500. The molecular formula is C30H38FN5O2. The topological polar surface area (TPSA) is 70.5 Å². The predicted molar refractivity (Wildman–Crippen MR) is 147 cm³/mol. The van der Waals surface area contributed by atoms with Gasteiger partial charge in [0.25, 0.3) is 5.91 Å². The minimum absolute atomic E-state index is 0.00427. The van der Waals surface area contributed by atoms with Gasteiger partial charge in [-0.15, -0.1) is 0 Å². The van der Waals surface area contributed by atoms with Crippen molar-refractivity contribution in [1.29, 1.82) is 0 Å². The van der Waals surface area contributed by atoms with E-state index in [1.54, 1.807) is 18.0 Å². The summed E-state index contributed by atoms with van der Waals surface area (Å²) in [6, 6.07) is 4.67. The number of likely N-dealkylation sites (tertiary alicyclic amines) is 1. The molecule has 0 bridgehead atoms. The lowest BCUT2D eigenvalue weighted by atomic mass is 9.96. The van der Waals surface area contributed by atoms with E-state index in [1.807, 2.05) is 37.0 Å². The molecule has 5 rings (SSSR count). The minimum Gasteiger partial charge on any atom is -0.352 e. The summed E-state index contributed by atoms with van der Waals surface area (Å²) in [6.45, 7) is 8.95. The third-order valence-electron chi connectivity index (χ3n) is 8.20. The highest BCUT2D eigenvalue weighted by Crippen LogP contribution is 2.32. The van der Waals surface area contributed by atoms with E-state index in [4.69, 9.17) is 0 Å². The summed E-state index contributed by atoms with van der Waals surface area (Å²) in [7, 11) is 1.74. The van der Waals surface area contributed by atoms with Crippen molar-refractivity contribution in [3.8, 4) is 5.69 Å². The Morgan fingerprint density at radius 2 is 2.08 bits per heavy atom. The summed E-state index contributed by atoms with van der Waals surface area (Å²) in [5.41, 5.74) is 4.22. The van der Waals surface area contributed by atoms with Crippen LogP contribution in [0.3, 0.4) is 0 Å². The number of piperidine rings is 1. The van der Waals surface area contributed by atoms with E-state index in [2.05, 4.69) is 22.1 Å². The van der Waals surface area contributed by atoms with Crippen LogP contribution < -0.4 is 5.32 Å². The van der Waals surface area contributed by atoms with Gasteiger partial charge in [-0.25, -0.2) is 4.39 Å². The highest BCUT2D eigenvalue weighted by atomic mass is 19.1. The van der Waals surface area contributed by atoms with Gasteiger partial charge in [-0.2, -0.15) is 0 Å². The molecule has 2 amide bonds. The van der Waals surface area contributed by atoms with E-state index in [9.17, 15) is 14.0 Å². The number of hydrogen-bond acceptors (Lipinski definition) is 4. The maximum Gasteiger partial charge on any atom is 0.256 e. The second kappa shape index (κ2) is 10.8. The molecule has 2 aromatic heterocycles. The van der Waals surface area contributed by atoms with Crippen LogP contribution >= 0.6 is 0 Å². The third kappa shape index (κ3) is 5.32. The maximum absolute atomic E-state index is 14.3. The van der Waals surface area contributed by atoms with Crippen molar-refractivity contribution in [2.45, 2.75) is 65.0 Å². The van der Waals surface area contributed by atoms with E-state index >= 15 is 0 Å². The first-order valence-electron chi connectivity index (χ1n) is 13.7. The quantitative estimate of drug-likeness (QED) is 0.500. The summed E-state index contributed by atoms with van der Waals surface area (Å²) in [6.07, 6.45) is 10.6. The van der Waals surface area contributed by atoms with Gasteiger partial charge in [-0.05, 0) is 88.2 Å². The Labute approximate surface area is 224 Å². The second-order valence-electron chi connectivity index (χ2n) is 11.3. The molecule has 2 atom stereocenters. The summed E-state index contributed by atoms with van der Waals surface area (Å²) >= 11 is 0. The van der Waals surface area contributed by atoms with Crippen LogP contribution in [0.25, 0.3) is 16.6 Å². The molecule has 2 aliphatic heterocycles. The molecule has 0 aliphatic carbocycles. The lowest BCUT2D eigenvalue weighted by Crippen LogP contribution is -2.45. The first kappa shape index (κ1) is 26.4. The molecule has 4 heterocycles. The summed E-state index contributed by atoms with van der Waals surface area (Å²) < 4.78 is 16.3. The second-order valence-corrected chi connectivity index (χ2v) is 11.3. The van der Waals surface area contributed by atoms with E-state index < -0.39 is 5.82 Å². The van der Waals surface area contributed by atoms with Gasteiger partial charge in [0.15, 0.2) is 0 Å². The number of nitrogens with one attached hydrogen (secondary N) is 1. The molecule has 38 heavy (non-hydrogen) atoms. The number of carbonyl (C=O) groups is 2. The van der Waals surface area contributed by atoms with Crippen molar-refractivity contribution in [3.63, 3.8) is 0 Å². The van der Waals surface area contributed by atoms with Crippen LogP contribution in [0, 0.1) is 18.7 Å². The lowest BCUT2D eigenvalue weighted by molar-refractivity contribution is -0.123. The van der Waals surface area contributed by atoms with Gasteiger partial charge in [0.05, 0.1) is 23.0 Å². The third-order valence-corrected chi connectivity index (χ3v) is 8.20. The molecule has 2 aliphatic rings. The number of benzene rings is 1. The van der Waals surface area contributed by atoms with Gasteiger partial charge in [0.2, 0.25) is 5.91 Å². The maximum atomic E-state index is 14.3. The van der Waals surface area contributed by atoms with Crippen LogP contribution in [0.2, 0.25) is 0 Å². The van der Waals surface area contributed by atoms with Crippen LogP contribution in [-0.4, -0.2) is 69.9 Å². The molecule has 202 valence electrons. The SMILES string of the molecule is Cc1cn(-c2ccc(F)cc2C(=O)N(C)C(C)C)c2cncc(CC3CCN(CC4CCCC(=O)N4)C3)c12. The smallest absolute Gasteiger partial charge is 0.256 e. The number of pyridine rings is 1. The van der Waals surface area contributed by atoms with Crippen molar-refractivity contribution >= 4 is 22.7 Å². The van der Waals surface area contributed by atoms with Crippen molar-refractivity contribution < 1.29 is 14.0 Å². The van der Waals surface area contributed by atoms with Crippen LogP contribution in [0.4, 0.5) is 4.39 Å². The molecule has 3 aromatic rings. The van der Waals surface area contributed by atoms with Crippen molar-refractivity contribution in [2.24, 2.45) is 5.92 Å². The average molecular weight is 520 g/mol. The molecule has 2 unspecified atom stereocenters. The van der Waals surface area contributed by atoms with Crippen LogP contribution in [0.1, 0.15) is 61.0 Å². The number of aryl methyl sites for hydroxylation is 1. The molecule has 0 radical (unpaired) electrons. The Hall–Kier alpha value is -3.26. The fourth-order valence-electron chi connectivity index (χ4n) is 6.01. The molecule has 2 fully saturated rings. The van der Waals surface area contributed by atoms with Crippen molar-refractivity contribution in [3.05, 3.63) is 59.3 Å². The van der Waals surface area contributed by atoms with Gasteiger partial charge in [-0.3, -0.25) is 14.6 Å². The highest BCUT2D eigenvalue weighted by Gasteiger charge is 2.28. The zero-order valence-corrected chi connectivity index (χ0v) is 22.8. The minimum atomic E-state index is -0.431. The standard InChI is InChI=1S/C30H38FN5O2/c1-19(2)34(4)30(38)25-13-23(31)8-9-26(25)36-16-20(3)29-22(14-32-15-27(29)36)12-21-10-11-35(17-21)18-24-6-5-7-28(37)33-24/h8-9,13-16,19,21,24H,5-7,10-12,17-18H2,1-4H3,(H,33,37). The van der Waals surface area contributed by atoms with Crippen molar-refractivity contribution in [2.75, 3.05) is 26.7 Å². The number of fused-ring (bicyclic) bond motifs is 1. The van der Waals surface area contributed by atoms with Gasteiger partial charge in [0, 0.05) is 56.4 Å². The van der Waals surface area contributed by atoms with Crippen LogP contribution in [0.5, 0.6) is 0 Å². The Balaban J connectivity index is 1.40. The summed E-state index contributed by atoms with van der Waals surface area (Å²) in [5.74, 6) is 0.0573. The molecule has 0 spiro atoms. The first-order valence-corrected chi connectivity index (χ1v) is 13.7. The summed E-state index contributed by atoms with van der Waals surface area (Å²) in [4.78, 5) is 33.7. The molecule has 8 heteroatoms. The van der Waals surface area contributed by atoms with Crippen LogP contribution in [0.15, 0.2) is 36.8 Å². The molecule has 2 saturated heterocycles. The molecule has 1 aromatic carbocycles. The number of amides is 2. The molecular weight excluding hydrogens is 481 g/mol. The number of aromatic nitrogens is 2. The van der Waals surface area contributed by atoms with Crippen LogP contribution in [-0.2, 0) is 11.2 Å². The number of rotatable bonds is 7. The lowest BCUT2D eigenvalue weighted by Gasteiger charge is -2.27. The molecule has 1 N–H and O–H groups in total. The van der Waals surface area contributed by atoms with Gasteiger partial charge in [0.1, 0.15) is 5.82 Å². The zero-order valence-electron chi connectivity index (χ0n) is 22.8. The van der Waals surface area contributed by atoms with E-state index in [1.165, 1.54) is 17.7 Å². The number of halogens is 1. The van der Waals surface area contributed by atoms with E-state index in [0.717, 1.165) is 61.8 Å². The van der Waals surface area contributed by atoms with Gasteiger partial charge in [-0.1, -0.05) is 0 Å². The summed E-state index contributed by atoms with van der Waals surface area (Å²) in [5, 5.41) is 4.29. The fourth-order valence-corrected chi connectivity index (χ4v) is 6.01. The highest BCUT2D eigenvalue weighted by molar-refractivity contribution is 5.99. The van der Waals surface area contributed by atoms with E-state index in [-0.39, 0.29) is 23.9 Å². The Morgan fingerprint density at radius 1 is 1.26 bits per heavy atom. The zero-order chi connectivity index (χ0) is 27.0. The molecule has 0 saturated carbocycles. The molecule has 7 nitrogen and oxygen atoms in total. The van der Waals surface area contributed by atoms with Gasteiger partial charge < -0.3 is 19.7 Å². The van der Waals surface area contributed by atoms with E-state index in [0.29, 0.717) is 23.6 Å². The number of nitrogens with zero attached hydrogens (tertiary/aromatic N) is 4.